The van der Waals surface area contributed by atoms with Crippen LogP contribution in [0.25, 0.3) is 11.3 Å². The number of rotatable bonds is 2. The minimum atomic E-state index is -0.129. The minimum absolute atomic E-state index is 0.129. The van der Waals surface area contributed by atoms with E-state index >= 15 is 0 Å². The minimum Gasteiger partial charge on any atom is -0.361 e. The van der Waals surface area contributed by atoms with Crippen LogP contribution in [0, 0.1) is 6.92 Å². The molecule has 2 aromatic heterocycles. The first kappa shape index (κ1) is 15.0. The number of amides is 1. The largest absolute Gasteiger partial charge is 0.361 e. The molecule has 0 saturated carbocycles. The first-order valence-electron chi connectivity index (χ1n) is 7.58. The van der Waals surface area contributed by atoms with Gasteiger partial charge in [-0.1, -0.05) is 40.1 Å². The molecular weight excluding hydrogens is 330 g/mol. The van der Waals surface area contributed by atoms with E-state index in [2.05, 4.69) is 10.3 Å². The summed E-state index contributed by atoms with van der Waals surface area (Å²) in [7, 11) is 0. The number of aromatic nitrogens is 2. The van der Waals surface area contributed by atoms with Crippen molar-refractivity contribution in [3.8, 4) is 11.3 Å². The maximum Gasteiger partial charge on any atom is 0.260 e. The number of aryl methyl sites for hydroxylation is 1. The van der Waals surface area contributed by atoms with Crippen molar-refractivity contribution in [2.45, 2.75) is 19.9 Å². The topological polar surface area (TPSA) is 72.4 Å². The Morgan fingerprint density at radius 3 is 2.96 bits per heavy atom. The number of hydrogen-bond acceptors (Lipinski definition) is 5. The second-order valence-electron chi connectivity index (χ2n) is 5.69. The Labute approximate surface area is 143 Å². The number of hydrogen-bond donors (Lipinski definition) is 0. The van der Waals surface area contributed by atoms with Gasteiger partial charge in [0.05, 0.1) is 17.8 Å². The summed E-state index contributed by atoms with van der Waals surface area (Å²) in [6.45, 7) is 2.76. The summed E-state index contributed by atoms with van der Waals surface area (Å²) in [6.07, 6.45) is 2.30. The van der Waals surface area contributed by atoms with E-state index in [1.807, 2.05) is 18.2 Å². The van der Waals surface area contributed by atoms with Gasteiger partial charge < -0.3 is 13.9 Å². The fraction of sp³-hybridized carbons (Fsp3) is 0.235. The third kappa shape index (κ3) is 2.39. The van der Waals surface area contributed by atoms with Crippen LogP contribution in [0.15, 0.2) is 39.5 Å². The molecule has 0 radical (unpaired) electrons. The first-order valence-corrected chi connectivity index (χ1v) is 7.96. The summed E-state index contributed by atoms with van der Waals surface area (Å²) < 4.78 is 10.5. The highest BCUT2D eigenvalue weighted by Crippen LogP contribution is 2.32. The smallest absolute Gasteiger partial charge is 0.260 e. The van der Waals surface area contributed by atoms with Crippen LogP contribution in [0.3, 0.4) is 0 Å². The Kier molecular flexibility index (Phi) is 3.61. The van der Waals surface area contributed by atoms with E-state index < -0.39 is 0 Å². The molecule has 1 aliphatic heterocycles. The predicted molar refractivity (Wildman–Crippen MR) is 86.6 cm³/mol. The number of halogens is 1. The molecule has 0 saturated heterocycles. The molecule has 24 heavy (non-hydrogen) atoms. The fourth-order valence-corrected chi connectivity index (χ4v) is 3.16. The third-order valence-electron chi connectivity index (χ3n) is 4.19. The molecule has 1 amide bonds. The van der Waals surface area contributed by atoms with Crippen molar-refractivity contribution in [3.05, 3.63) is 58.1 Å². The van der Waals surface area contributed by atoms with E-state index in [-0.39, 0.29) is 5.91 Å². The fourth-order valence-electron chi connectivity index (χ4n) is 2.93. The molecule has 7 heteroatoms. The number of benzene rings is 1. The summed E-state index contributed by atoms with van der Waals surface area (Å²) in [6, 6.07) is 7.27. The van der Waals surface area contributed by atoms with E-state index in [0.29, 0.717) is 47.1 Å². The van der Waals surface area contributed by atoms with E-state index in [0.717, 1.165) is 11.3 Å². The molecule has 4 rings (SSSR count). The number of carbonyl (C=O) groups is 1. The Hall–Kier alpha value is -2.60. The number of carbonyl (C=O) groups excluding carboxylic acids is 1. The lowest BCUT2D eigenvalue weighted by Gasteiger charge is -2.25. The van der Waals surface area contributed by atoms with Crippen LogP contribution >= 0.6 is 11.6 Å². The Balaban J connectivity index is 1.71. The SMILES string of the molecule is Cc1onc(-c2ccccc2Cl)c1C(=O)N1CCc2oncc2C1. The van der Waals surface area contributed by atoms with Gasteiger partial charge in [-0.2, -0.15) is 0 Å². The molecule has 1 aliphatic rings. The molecule has 122 valence electrons. The van der Waals surface area contributed by atoms with Gasteiger partial charge in [0.2, 0.25) is 0 Å². The van der Waals surface area contributed by atoms with Crippen LogP contribution in [0.4, 0.5) is 0 Å². The number of nitrogens with zero attached hydrogens (tertiary/aromatic N) is 3. The highest BCUT2D eigenvalue weighted by atomic mass is 35.5. The Morgan fingerprint density at radius 2 is 2.12 bits per heavy atom. The van der Waals surface area contributed by atoms with Crippen molar-refractivity contribution in [2.24, 2.45) is 0 Å². The van der Waals surface area contributed by atoms with Crippen LogP contribution in [0.5, 0.6) is 0 Å². The van der Waals surface area contributed by atoms with Crippen molar-refractivity contribution in [1.29, 1.82) is 0 Å². The maximum absolute atomic E-state index is 13.1. The monoisotopic (exact) mass is 343 g/mol. The summed E-state index contributed by atoms with van der Waals surface area (Å²) in [4.78, 5) is 14.8. The van der Waals surface area contributed by atoms with E-state index in [1.165, 1.54) is 0 Å². The van der Waals surface area contributed by atoms with Gasteiger partial charge in [0.25, 0.3) is 5.91 Å². The van der Waals surface area contributed by atoms with Gasteiger partial charge in [0.15, 0.2) is 0 Å². The van der Waals surface area contributed by atoms with Gasteiger partial charge in [-0.05, 0) is 13.0 Å². The zero-order valence-corrected chi connectivity index (χ0v) is 13.7. The van der Waals surface area contributed by atoms with Crippen LogP contribution in [-0.4, -0.2) is 27.7 Å². The second-order valence-corrected chi connectivity index (χ2v) is 6.10. The average molecular weight is 344 g/mol. The lowest BCUT2D eigenvalue weighted by Crippen LogP contribution is -2.35. The third-order valence-corrected chi connectivity index (χ3v) is 4.52. The highest BCUT2D eigenvalue weighted by Gasteiger charge is 2.30. The van der Waals surface area contributed by atoms with Crippen molar-refractivity contribution >= 4 is 17.5 Å². The van der Waals surface area contributed by atoms with Gasteiger partial charge in [-0.25, -0.2) is 0 Å². The molecule has 0 fully saturated rings. The average Bonchev–Trinajstić information content (AvgIpc) is 3.20. The Bertz CT molecular complexity index is 915. The molecule has 0 bridgehead atoms. The molecule has 3 aromatic rings. The summed E-state index contributed by atoms with van der Waals surface area (Å²) in [5, 5.41) is 8.38. The lowest BCUT2D eigenvalue weighted by molar-refractivity contribution is 0.0728. The summed E-state index contributed by atoms with van der Waals surface area (Å²) >= 11 is 6.26. The molecule has 0 N–H and O–H groups in total. The second kappa shape index (κ2) is 5.79. The van der Waals surface area contributed by atoms with Crippen molar-refractivity contribution in [1.82, 2.24) is 15.2 Å². The normalized spacial score (nSPS) is 13.8. The van der Waals surface area contributed by atoms with Gasteiger partial charge in [-0.3, -0.25) is 4.79 Å². The van der Waals surface area contributed by atoms with Crippen LogP contribution < -0.4 is 0 Å². The molecule has 0 spiro atoms. The zero-order valence-electron chi connectivity index (χ0n) is 13.0. The van der Waals surface area contributed by atoms with E-state index in [9.17, 15) is 4.79 Å². The summed E-state index contributed by atoms with van der Waals surface area (Å²) in [5.41, 5.74) is 2.53. The summed E-state index contributed by atoms with van der Waals surface area (Å²) in [5.74, 6) is 1.19. The molecular formula is C17H14ClN3O3. The van der Waals surface area contributed by atoms with E-state index in [1.54, 1.807) is 24.1 Å². The molecule has 3 heterocycles. The predicted octanol–water partition coefficient (Wildman–Crippen LogP) is 3.49. The highest BCUT2D eigenvalue weighted by molar-refractivity contribution is 6.33. The van der Waals surface area contributed by atoms with Gasteiger partial charge >= 0.3 is 0 Å². The lowest BCUT2D eigenvalue weighted by atomic mass is 10.0. The van der Waals surface area contributed by atoms with Gasteiger partial charge in [0, 0.05) is 24.1 Å². The quantitative estimate of drug-likeness (QED) is 0.712. The molecule has 6 nitrogen and oxygen atoms in total. The van der Waals surface area contributed by atoms with Crippen molar-refractivity contribution in [3.63, 3.8) is 0 Å². The molecule has 0 aliphatic carbocycles. The van der Waals surface area contributed by atoms with Crippen LogP contribution in [-0.2, 0) is 13.0 Å². The van der Waals surface area contributed by atoms with Gasteiger partial charge in [0.1, 0.15) is 22.8 Å². The van der Waals surface area contributed by atoms with Gasteiger partial charge in [-0.15, -0.1) is 0 Å². The van der Waals surface area contributed by atoms with Crippen molar-refractivity contribution < 1.29 is 13.8 Å². The number of fused-ring (bicyclic) bond motifs is 1. The molecule has 0 atom stereocenters. The zero-order chi connectivity index (χ0) is 16.7. The first-order chi connectivity index (χ1) is 11.6. The van der Waals surface area contributed by atoms with Crippen molar-refractivity contribution in [2.75, 3.05) is 6.54 Å². The molecule has 0 unspecified atom stereocenters. The van der Waals surface area contributed by atoms with E-state index in [4.69, 9.17) is 20.6 Å². The Morgan fingerprint density at radius 1 is 1.29 bits per heavy atom. The maximum atomic E-state index is 13.1. The molecule has 1 aromatic carbocycles. The van der Waals surface area contributed by atoms with Crippen LogP contribution in [0.2, 0.25) is 5.02 Å². The standard InChI is InChI=1S/C17H14ClN3O3/c1-10-15(16(20-23-10)12-4-2-3-5-13(12)18)17(22)21-7-6-14-11(9-21)8-19-24-14/h2-5,8H,6-7,9H2,1H3. The van der Waals surface area contributed by atoms with Crippen LogP contribution in [0.1, 0.15) is 27.4 Å².